The molecule has 2 rings (SSSR count). The van der Waals surface area contributed by atoms with Gasteiger partial charge >= 0.3 is 10.1 Å². The Morgan fingerprint density at radius 3 is 2.07 bits per heavy atom. The predicted molar refractivity (Wildman–Crippen MR) is 111 cm³/mol. The van der Waals surface area contributed by atoms with Crippen molar-refractivity contribution >= 4 is 28.1 Å². The predicted octanol–water partition coefficient (Wildman–Crippen LogP) is 3.82. The van der Waals surface area contributed by atoms with Crippen molar-refractivity contribution in [3.8, 4) is 5.75 Å². The lowest BCUT2D eigenvalue weighted by molar-refractivity contribution is -0.110. The molecule has 0 heterocycles. The van der Waals surface area contributed by atoms with E-state index in [1.807, 2.05) is 25.1 Å². The van der Waals surface area contributed by atoms with Crippen molar-refractivity contribution in [1.82, 2.24) is 0 Å². The first-order valence-corrected chi connectivity index (χ1v) is 10.4. The number of carbonyl (C=O) groups excluding carboxylic acids is 1. The summed E-state index contributed by atoms with van der Waals surface area (Å²) in [7, 11) is -3.57. The Labute approximate surface area is 166 Å². The van der Waals surface area contributed by atoms with Gasteiger partial charge in [-0.25, -0.2) is 0 Å². The fraction of sp³-hybridized carbons (Fsp3) is 0.227. The van der Waals surface area contributed by atoms with Crippen LogP contribution in [0, 0.1) is 13.8 Å². The summed E-state index contributed by atoms with van der Waals surface area (Å²) in [4.78, 5) is 12.1. The lowest BCUT2D eigenvalue weighted by Gasteiger charge is -2.08. The molecule has 2 aromatic rings. The molecular weight excluding hydrogens is 376 g/mol. The van der Waals surface area contributed by atoms with Crippen molar-refractivity contribution in [1.29, 1.82) is 0 Å². The Balaban J connectivity index is 2.05. The highest BCUT2D eigenvalue weighted by molar-refractivity contribution is 7.87. The van der Waals surface area contributed by atoms with E-state index in [0.717, 1.165) is 22.3 Å². The van der Waals surface area contributed by atoms with Crippen LogP contribution in [0.1, 0.15) is 34.7 Å². The third-order valence-electron chi connectivity index (χ3n) is 4.19. The van der Waals surface area contributed by atoms with Crippen LogP contribution in [0.5, 0.6) is 5.75 Å². The lowest BCUT2D eigenvalue weighted by atomic mass is 10.0. The van der Waals surface area contributed by atoms with Gasteiger partial charge < -0.3 is 9.29 Å². The van der Waals surface area contributed by atoms with Crippen molar-refractivity contribution in [2.45, 2.75) is 27.4 Å². The monoisotopic (exact) mass is 400 g/mol. The first kappa shape index (κ1) is 21.6. The number of aliphatic hydroxyl groups excluding tert-OH is 1. The molecule has 6 heteroatoms. The van der Waals surface area contributed by atoms with Crippen molar-refractivity contribution < 1.29 is 22.5 Å². The van der Waals surface area contributed by atoms with Gasteiger partial charge in [0.1, 0.15) is 5.75 Å². The molecule has 5 nitrogen and oxygen atoms in total. The summed E-state index contributed by atoms with van der Waals surface area (Å²) in [6.45, 7) is 5.17. The van der Waals surface area contributed by atoms with E-state index in [0.29, 0.717) is 5.56 Å². The minimum absolute atomic E-state index is 0.00881. The van der Waals surface area contributed by atoms with E-state index in [4.69, 9.17) is 4.18 Å². The molecule has 0 saturated carbocycles. The number of hydrogen-bond acceptors (Lipinski definition) is 5. The Morgan fingerprint density at radius 1 is 1.00 bits per heavy atom. The van der Waals surface area contributed by atoms with Gasteiger partial charge in [-0.3, -0.25) is 4.79 Å². The molecule has 2 aromatic carbocycles. The number of carbonyl (C=O) groups is 1. The molecule has 0 saturated heterocycles. The average molecular weight is 400 g/mol. The first-order valence-electron chi connectivity index (χ1n) is 8.87. The molecule has 0 fully saturated rings. The second kappa shape index (κ2) is 9.48. The van der Waals surface area contributed by atoms with Gasteiger partial charge in [0.25, 0.3) is 0 Å². The lowest BCUT2D eigenvalue weighted by Crippen LogP contribution is -2.12. The van der Waals surface area contributed by atoms with E-state index >= 15 is 0 Å². The van der Waals surface area contributed by atoms with Crippen LogP contribution in [0.15, 0.2) is 48.6 Å². The molecule has 0 aliphatic heterocycles. The quantitative estimate of drug-likeness (QED) is 0.538. The zero-order valence-electron chi connectivity index (χ0n) is 16.2. The molecule has 0 radical (unpaired) electrons. The van der Waals surface area contributed by atoms with Gasteiger partial charge in [0.2, 0.25) is 0 Å². The minimum Gasteiger partial charge on any atom is -0.392 e. The molecular formula is C22H24O5S. The molecule has 0 aliphatic carbocycles. The van der Waals surface area contributed by atoms with Crippen LogP contribution in [0.25, 0.3) is 12.2 Å². The Hall–Kier alpha value is -2.70. The smallest absolute Gasteiger partial charge is 0.308 e. The zero-order chi connectivity index (χ0) is 20.7. The molecule has 148 valence electrons. The molecule has 0 bridgehead atoms. The highest BCUT2D eigenvalue weighted by Gasteiger charge is 2.11. The number of aliphatic hydroxyl groups is 1. The van der Waals surface area contributed by atoms with Crippen LogP contribution in [0.3, 0.4) is 0 Å². The number of benzene rings is 2. The summed E-state index contributed by atoms with van der Waals surface area (Å²) in [6, 6.07) is 10.6. The summed E-state index contributed by atoms with van der Waals surface area (Å²) in [5.41, 5.74) is 4.14. The molecule has 28 heavy (non-hydrogen) atoms. The highest BCUT2D eigenvalue weighted by atomic mass is 32.2. The maximum atomic E-state index is 12.1. The summed E-state index contributed by atoms with van der Waals surface area (Å²) in [5, 5.41) is 9.19. The number of aryl methyl sites for hydroxylation is 2. The van der Waals surface area contributed by atoms with Gasteiger partial charge in [0.15, 0.2) is 5.78 Å². The first-order chi connectivity index (χ1) is 13.2. The summed E-state index contributed by atoms with van der Waals surface area (Å²) < 4.78 is 28.2. The second-order valence-electron chi connectivity index (χ2n) is 6.37. The fourth-order valence-corrected chi connectivity index (χ4v) is 3.06. The maximum Gasteiger partial charge on any atom is 0.308 e. The zero-order valence-corrected chi connectivity index (χ0v) is 17.0. The molecule has 0 amide bonds. The van der Waals surface area contributed by atoms with Crippen LogP contribution in [0.2, 0.25) is 0 Å². The van der Waals surface area contributed by atoms with Crippen LogP contribution in [-0.4, -0.2) is 25.1 Å². The maximum absolute atomic E-state index is 12.1. The van der Waals surface area contributed by atoms with Gasteiger partial charge in [0, 0.05) is 0 Å². The fourth-order valence-electron chi connectivity index (χ4n) is 2.48. The third-order valence-corrected chi connectivity index (χ3v) is 5.33. The third kappa shape index (κ3) is 6.18. The van der Waals surface area contributed by atoms with E-state index < -0.39 is 10.1 Å². The van der Waals surface area contributed by atoms with E-state index in [1.165, 1.54) is 19.1 Å². The van der Waals surface area contributed by atoms with E-state index in [9.17, 15) is 18.3 Å². The van der Waals surface area contributed by atoms with E-state index in [-0.39, 0.29) is 23.9 Å². The number of hydrogen-bond donors (Lipinski definition) is 1. The minimum atomic E-state index is -3.57. The van der Waals surface area contributed by atoms with Crippen LogP contribution in [-0.2, 0) is 21.5 Å². The SMILES string of the molecule is CCS(=O)(=O)Oc1ccc(C=CC(=O)C=Cc2ccc(CO)c(C)c2)cc1C. The summed E-state index contributed by atoms with van der Waals surface area (Å²) >= 11 is 0. The standard InChI is InChI=1S/C22H24O5S/c1-4-28(25,26)27-22-12-8-19(14-17(22)3)7-11-21(24)10-6-18-5-9-20(15-23)16(2)13-18/h5-14,23H,4,15H2,1-3H3. The molecule has 0 spiro atoms. The molecule has 0 atom stereocenters. The van der Waals surface area contributed by atoms with Gasteiger partial charge in [-0.2, -0.15) is 8.42 Å². The van der Waals surface area contributed by atoms with Gasteiger partial charge in [0.05, 0.1) is 12.4 Å². The highest BCUT2D eigenvalue weighted by Crippen LogP contribution is 2.21. The van der Waals surface area contributed by atoms with Gasteiger partial charge in [-0.1, -0.05) is 36.4 Å². The molecule has 0 aromatic heterocycles. The van der Waals surface area contributed by atoms with E-state index in [2.05, 4.69) is 0 Å². The topological polar surface area (TPSA) is 80.7 Å². The average Bonchev–Trinajstić information content (AvgIpc) is 2.66. The number of rotatable bonds is 8. The van der Waals surface area contributed by atoms with Crippen LogP contribution < -0.4 is 4.18 Å². The van der Waals surface area contributed by atoms with Crippen LogP contribution >= 0.6 is 0 Å². The van der Waals surface area contributed by atoms with Gasteiger partial charge in [-0.15, -0.1) is 0 Å². The molecule has 1 N–H and O–H groups in total. The Bertz CT molecular complexity index is 1020. The largest absolute Gasteiger partial charge is 0.392 e. The van der Waals surface area contributed by atoms with Crippen molar-refractivity contribution in [2.24, 2.45) is 0 Å². The second-order valence-corrected chi connectivity index (χ2v) is 8.23. The van der Waals surface area contributed by atoms with E-state index in [1.54, 1.807) is 37.3 Å². The van der Waals surface area contributed by atoms with Crippen LogP contribution in [0.4, 0.5) is 0 Å². The molecule has 0 unspecified atom stereocenters. The van der Waals surface area contributed by atoms with Gasteiger partial charge in [-0.05, 0) is 72.9 Å². The van der Waals surface area contributed by atoms with Crippen molar-refractivity contribution in [3.63, 3.8) is 0 Å². The Morgan fingerprint density at radius 2 is 1.57 bits per heavy atom. The Kier molecular flexibility index (Phi) is 7.31. The summed E-state index contributed by atoms with van der Waals surface area (Å²) in [6.07, 6.45) is 6.31. The summed E-state index contributed by atoms with van der Waals surface area (Å²) in [5.74, 6) is 0.0133. The van der Waals surface area contributed by atoms with Crippen molar-refractivity contribution in [3.05, 3.63) is 76.4 Å². The number of ketones is 1. The van der Waals surface area contributed by atoms with Crippen molar-refractivity contribution in [2.75, 3.05) is 5.75 Å². The number of allylic oxidation sites excluding steroid dienone is 2. The molecule has 0 aliphatic rings. The normalized spacial score (nSPS) is 12.0.